The van der Waals surface area contributed by atoms with Crippen LogP contribution >= 0.6 is 0 Å². The van der Waals surface area contributed by atoms with E-state index in [0.29, 0.717) is 21.7 Å². The van der Waals surface area contributed by atoms with Gasteiger partial charge in [-0.3, -0.25) is 0 Å². The maximum absolute atomic E-state index is 10.3. The first kappa shape index (κ1) is 19.0. The van der Waals surface area contributed by atoms with Crippen LogP contribution in [0.5, 0.6) is 0 Å². The molecule has 154 valence electrons. The van der Waals surface area contributed by atoms with Gasteiger partial charge in [0.15, 0.2) is 0 Å². The lowest BCUT2D eigenvalue weighted by atomic mass is 9.54. The van der Waals surface area contributed by atoms with Gasteiger partial charge in [-0.25, -0.2) is 0 Å². The van der Waals surface area contributed by atoms with Crippen LogP contribution in [0.25, 0.3) is 0 Å². The van der Waals surface area contributed by atoms with Crippen molar-refractivity contribution in [2.24, 2.45) is 45.3 Å². The Morgan fingerprint density at radius 2 is 1.59 bits per heavy atom. The van der Waals surface area contributed by atoms with E-state index in [1.54, 1.807) is 0 Å². The summed E-state index contributed by atoms with van der Waals surface area (Å²) in [7, 11) is 0. The Bertz CT molecular complexity index is 597. The Labute approximate surface area is 168 Å². The van der Waals surface area contributed by atoms with E-state index in [1.165, 1.54) is 70.6 Å². The lowest BCUT2D eigenvalue weighted by Gasteiger charge is -2.51. The summed E-state index contributed by atoms with van der Waals surface area (Å²) < 4.78 is 0. The number of unbranched alkanes of at least 4 members (excludes halogenated alkanes) is 1. The van der Waals surface area contributed by atoms with E-state index < -0.39 is 0 Å². The molecule has 5 saturated carbocycles. The van der Waals surface area contributed by atoms with Gasteiger partial charge in [0.25, 0.3) is 0 Å². The van der Waals surface area contributed by atoms with Gasteiger partial charge < -0.3 is 5.11 Å². The molecule has 2 spiro atoms. The SMILES string of the molecule is CC(C)CCCCC1(C)CCC2C1(C)CCC1C34CCC(O)CC3CCC214. The van der Waals surface area contributed by atoms with Crippen LogP contribution in [0.15, 0.2) is 0 Å². The van der Waals surface area contributed by atoms with Crippen molar-refractivity contribution < 1.29 is 5.11 Å². The molecule has 5 aliphatic rings. The van der Waals surface area contributed by atoms with Gasteiger partial charge >= 0.3 is 0 Å². The van der Waals surface area contributed by atoms with Crippen LogP contribution < -0.4 is 0 Å². The predicted molar refractivity (Wildman–Crippen MR) is 112 cm³/mol. The van der Waals surface area contributed by atoms with Crippen molar-refractivity contribution in [3.63, 3.8) is 0 Å². The average Bonchev–Trinajstić information content (AvgIpc) is 2.87. The van der Waals surface area contributed by atoms with Crippen LogP contribution in [0.3, 0.4) is 0 Å². The summed E-state index contributed by atoms with van der Waals surface area (Å²) in [6.07, 6.45) is 18.4. The minimum atomic E-state index is 0.0135. The summed E-state index contributed by atoms with van der Waals surface area (Å²) in [6.45, 7) is 10.2. The van der Waals surface area contributed by atoms with Crippen LogP contribution in [0, 0.1) is 45.3 Å². The Hall–Kier alpha value is -0.0400. The zero-order valence-electron chi connectivity index (χ0n) is 18.5. The van der Waals surface area contributed by atoms with Gasteiger partial charge in [0, 0.05) is 0 Å². The Morgan fingerprint density at radius 3 is 2.37 bits per heavy atom. The van der Waals surface area contributed by atoms with Gasteiger partial charge in [0.05, 0.1) is 6.10 Å². The third kappa shape index (κ3) is 2.22. The standard InChI is InChI=1S/C26H44O/c1-18(2)7-5-6-12-23(3)13-10-21-24(23,4)14-11-22-25-16-9-20(27)17-19(25)8-15-26(21,22)25/h18-22,27H,5-17H2,1-4H3. The fourth-order valence-corrected chi connectivity index (χ4v) is 10.2. The van der Waals surface area contributed by atoms with E-state index in [0.717, 1.165) is 36.5 Å². The molecule has 1 N–H and O–H groups in total. The molecule has 0 saturated heterocycles. The van der Waals surface area contributed by atoms with Crippen molar-refractivity contribution in [1.82, 2.24) is 0 Å². The highest BCUT2D eigenvalue weighted by Crippen LogP contribution is 2.92. The molecule has 0 aliphatic heterocycles. The maximum Gasteiger partial charge on any atom is 0.0543 e. The van der Waals surface area contributed by atoms with Crippen molar-refractivity contribution in [2.75, 3.05) is 0 Å². The van der Waals surface area contributed by atoms with E-state index in [1.807, 2.05) is 0 Å². The fraction of sp³-hybridized carbons (Fsp3) is 1.00. The molecule has 27 heavy (non-hydrogen) atoms. The molecular weight excluding hydrogens is 328 g/mol. The van der Waals surface area contributed by atoms with E-state index >= 15 is 0 Å². The second-order valence-electron chi connectivity index (χ2n) is 12.5. The number of aliphatic hydroxyl groups is 1. The van der Waals surface area contributed by atoms with Gasteiger partial charge in [0.1, 0.15) is 0 Å². The first-order chi connectivity index (χ1) is 12.8. The van der Waals surface area contributed by atoms with Crippen molar-refractivity contribution in [3.8, 4) is 0 Å². The largest absolute Gasteiger partial charge is 0.393 e. The van der Waals surface area contributed by atoms with Crippen LogP contribution in [0.1, 0.15) is 111 Å². The molecule has 5 rings (SSSR count). The second kappa shape index (κ2) is 5.99. The molecule has 5 aliphatic carbocycles. The predicted octanol–water partition coefficient (Wildman–Crippen LogP) is 6.98. The summed E-state index contributed by atoms with van der Waals surface area (Å²) in [5.41, 5.74) is 2.57. The number of hydrogen-bond acceptors (Lipinski definition) is 1. The minimum absolute atomic E-state index is 0.0135. The Morgan fingerprint density at radius 1 is 0.852 bits per heavy atom. The molecule has 0 aromatic carbocycles. The summed E-state index contributed by atoms with van der Waals surface area (Å²) >= 11 is 0. The van der Waals surface area contributed by atoms with E-state index in [-0.39, 0.29) is 6.10 Å². The van der Waals surface area contributed by atoms with Gasteiger partial charge in [-0.2, -0.15) is 0 Å². The maximum atomic E-state index is 10.3. The summed E-state index contributed by atoms with van der Waals surface area (Å²) in [6, 6.07) is 0. The van der Waals surface area contributed by atoms with Crippen molar-refractivity contribution in [2.45, 2.75) is 117 Å². The van der Waals surface area contributed by atoms with Gasteiger partial charge in [-0.1, -0.05) is 47.0 Å². The third-order valence-corrected chi connectivity index (χ3v) is 11.6. The monoisotopic (exact) mass is 372 g/mol. The quantitative estimate of drug-likeness (QED) is 0.516. The first-order valence-electron chi connectivity index (χ1n) is 12.5. The van der Waals surface area contributed by atoms with E-state index in [9.17, 15) is 5.11 Å². The van der Waals surface area contributed by atoms with Crippen LogP contribution in [-0.2, 0) is 0 Å². The molecule has 8 unspecified atom stereocenters. The molecule has 0 radical (unpaired) electrons. The van der Waals surface area contributed by atoms with Crippen LogP contribution in [-0.4, -0.2) is 11.2 Å². The third-order valence-electron chi connectivity index (χ3n) is 11.6. The smallest absolute Gasteiger partial charge is 0.0543 e. The molecule has 5 fully saturated rings. The minimum Gasteiger partial charge on any atom is -0.393 e. The zero-order valence-corrected chi connectivity index (χ0v) is 18.5. The second-order valence-corrected chi connectivity index (χ2v) is 12.5. The molecule has 1 nitrogen and oxygen atoms in total. The molecule has 0 heterocycles. The molecule has 1 heteroatoms. The van der Waals surface area contributed by atoms with Gasteiger partial charge in [-0.15, -0.1) is 0 Å². The van der Waals surface area contributed by atoms with Crippen LogP contribution in [0.4, 0.5) is 0 Å². The van der Waals surface area contributed by atoms with E-state index in [4.69, 9.17) is 0 Å². The number of rotatable bonds is 5. The summed E-state index contributed by atoms with van der Waals surface area (Å²) in [5, 5.41) is 10.3. The molecule has 0 aromatic rings. The number of fused-ring (bicyclic) bond motifs is 1. The van der Waals surface area contributed by atoms with Crippen molar-refractivity contribution in [1.29, 1.82) is 0 Å². The molecular formula is C26H44O. The van der Waals surface area contributed by atoms with Crippen LogP contribution in [0.2, 0.25) is 0 Å². The highest BCUT2D eigenvalue weighted by molar-refractivity contribution is 5.34. The normalized spacial score (nSPS) is 55.8. The molecule has 0 bridgehead atoms. The van der Waals surface area contributed by atoms with Gasteiger partial charge in [0.2, 0.25) is 0 Å². The van der Waals surface area contributed by atoms with Gasteiger partial charge in [-0.05, 0) is 110 Å². The Balaban J connectivity index is 1.37. The number of hydrogen-bond donors (Lipinski definition) is 1. The fourth-order valence-electron chi connectivity index (χ4n) is 10.2. The topological polar surface area (TPSA) is 20.2 Å². The highest BCUT2D eigenvalue weighted by Gasteiger charge is 2.86. The molecule has 8 atom stereocenters. The summed E-state index contributed by atoms with van der Waals surface area (Å²) in [4.78, 5) is 0. The van der Waals surface area contributed by atoms with Crippen molar-refractivity contribution >= 4 is 0 Å². The lowest BCUT2D eigenvalue weighted by molar-refractivity contribution is -0.0206. The first-order valence-corrected chi connectivity index (χ1v) is 12.5. The zero-order chi connectivity index (χ0) is 19.1. The lowest BCUT2D eigenvalue weighted by Crippen LogP contribution is -2.43. The Kier molecular flexibility index (Phi) is 4.21. The average molecular weight is 373 g/mol. The summed E-state index contributed by atoms with van der Waals surface area (Å²) in [5.74, 6) is 3.77. The molecule has 0 aromatic heterocycles. The highest BCUT2D eigenvalue weighted by atomic mass is 16.3. The number of aliphatic hydroxyl groups excluding tert-OH is 1. The van der Waals surface area contributed by atoms with Crippen molar-refractivity contribution in [3.05, 3.63) is 0 Å². The van der Waals surface area contributed by atoms with E-state index in [2.05, 4.69) is 27.7 Å². The molecule has 0 amide bonds.